The maximum Gasteiger partial charge on any atom is 0.204 e. The number of aromatic nitrogens is 4. The summed E-state index contributed by atoms with van der Waals surface area (Å²) in [7, 11) is 0. The quantitative estimate of drug-likeness (QED) is 0.925. The molecular formula is C15H18ClFN6. The number of tetrazole rings is 1. The lowest BCUT2D eigenvalue weighted by Crippen LogP contribution is -2.49. The van der Waals surface area contributed by atoms with Gasteiger partial charge in [-0.25, -0.2) is 4.39 Å². The fraction of sp³-hybridized carbons (Fsp3) is 0.533. The third kappa shape index (κ3) is 3.08. The van der Waals surface area contributed by atoms with E-state index in [-0.39, 0.29) is 0 Å². The van der Waals surface area contributed by atoms with Crippen molar-refractivity contribution in [1.82, 2.24) is 30.4 Å². The number of alkyl halides is 1. The number of hydrogen-bond donors (Lipinski definition) is 1. The van der Waals surface area contributed by atoms with Crippen molar-refractivity contribution in [1.29, 1.82) is 0 Å². The summed E-state index contributed by atoms with van der Waals surface area (Å²) in [5, 5.41) is 14.6. The molecule has 2 aliphatic rings. The molecule has 0 bridgehead atoms. The number of nitrogens with zero attached hydrogens (tertiary/aromatic N) is 5. The van der Waals surface area contributed by atoms with Gasteiger partial charge in [0.25, 0.3) is 0 Å². The van der Waals surface area contributed by atoms with Crippen molar-refractivity contribution in [2.45, 2.75) is 25.2 Å². The molecule has 0 unspecified atom stereocenters. The van der Waals surface area contributed by atoms with E-state index in [4.69, 9.17) is 11.6 Å². The molecule has 0 aliphatic carbocycles. The number of nitrogens with one attached hydrogen (secondary N) is 1. The number of aromatic amines is 1. The van der Waals surface area contributed by atoms with Crippen LogP contribution in [0.15, 0.2) is 18.2 Å². The van der Waals surface area contributed by atoms with Crippen molar-refractivity contribution in [2.24, 2.45) is 0 Å². The monoisotopic (exact) mass is 336 g/mol. The highest BCUT2D eigenvalue weighted by Crippen LogP contribution is 2.27. The van der Waals surface area contributed by atoms with Gasteiger partial charge in [0.05, 0.1) is 0 Å². The normalized spacial score (nSPS) is 25.7. The zero-order valence-corrected chi connectivity index (χ0v) is 13.4. The van der Waals surface area contributed by atoms with Gasteiger partial charge in [-0.15, -0.1) is 10.2 Å². The van der Waals surface area contributed by atoms with Gasteiger partial charge in [0, 0.05) is 49.4 Å². The Kier molecular flexibility index (Phi) is 4.00. The molecule has 2 aromatic rings. The number of benzene rings is 1. The number of piperazine rings is 1. The Morgan fingerprint density at radius 1 is 1.30 bits per heavy atom. The first kappa shape index (κ1) is 15.0. The molecular weight excluding hydrogens is 319 g/mol. The maximum absolute atomic E-state index is 13.5. The Bertz CT molecular complexity index is 679. The second-order valence-corrected chi connectivity index (χ2v) is 6.67. The van der Waals surface area contributed by atoms with Crippen LogP contribution in [0.5, 0.6) is 0 Å². The van der Waals surface area contributed by atoms with Crippen LogP contribution in [-0.4, -0.2) is 68.8 Å². The SMILES string of the molecule is F[C@H]1C[C@H]2CN(Cc3ccc(-c4nn[nH]n4)cc3Cl)CCN2C1. The fourth-order valence-corrected chi connectivity index (χ4v) is 3.77. The van der Waals surface area contributed by atoms with E-state index < -0.39 is 6.17 Å². The van der Waals surface area contributed by atoms with Crippen LogP contribution < -0.4 is 0 Å². The highest BCUT2D eigenvalue weighted by atomic mass is 35.5. The molecule has 0 spiro atoms. The van der Waals surface area contributed by atoms with Crippen molar-refractivity contribution in [3.8, 4) is 11.4 Å². The second-order valence-electron chi connectivity index (χ2n) is 6.26. The van der Waals surface area contributed by atoms with E-state index in [9.17, 15) is 4.39 Å². The van der Waals surface area contributed by atoms with Crippen LogP contribution >= 0.6 is 11.6 Å². The second kappa shape index (κ2) is 6.14. The van der Waals surface area contributed by atoms with E-state index in [0.717, 1.165) is 37.3 Å². The molecule has 1 aromatic heterocycles. The minimum atomic E-state index is -0.669. The number of rotatable bonds is 3. The van der Waals surface area contributed by atoms with Crippen LogP contribution in [0.2, 0.25) is 5.02 Å². The molecule has 0 saturated carbocycles. The molecule has 2 saturated heterocycles. The molecule has 23 heavy (non-hydrogen) atoms. The van der Waals surface area contributed by atoms with Gasteiger partial charge in [-0.3, -0.25) is 9.80 Å². The van der Waals surface area contributed by atoms with Crippen LogP contribution in [0.1, 0.15) is 12.0 Å². The largest absolute Gasteiger partial charge is 0.296 e. The molecule has 122 valence electrons. The summed E-state index contributed by atoms with van der Waals surface area (Å²) >= 11 is 6.42. The van der Waals surface area contributed by atoms with E-state index in [0.29, 0.717) is 29.9 Å². The summed E-state index contributed by atoms with van der Waals surface area (Å²) in [4.78, 5) is 4.62. The van der Waals surface area contributed by atoms with Gasteiger partial charge in [-0.05, 0) is 23.3 Å². The van der Waals surface area contributed by atoms with E-state index in [2.05, 4.69) is 30.4 Å². The molecule has 2 atom stereocenters. The van der Waals surface area contributed by atoms with Crippen molar-refractivity contribution in [2.75, 3.05) is 26.2 Å². The van der Waals surface area contributed by atoms with Gasteiger partial charge in [-0.2, -0.15) is 5.21 Å². The van der Waals surface area contributed by atoms with Crippen molar-refractivity contribution in [3.05, 3.63) is 28.8 Å². The smallest absolute Gasteiger partial charge is 0.204 e. The highest BCUT2D eigenvalue weighted by molar-refractivity contribution is 6.31. The van der Waals surface area contributed by atoms with Gasteiger partial charge in [0.2, 0.25) is 5.82 Å². The summed E-state index contributed by atoms with van der Waals surface area (Å²) in [5.74, 6) is 0.534. The first-order chi connectivity index (χ1) is 11.2. The lowest BCUT2D eigenvalue weighted by Gasteiger charge is -2.37. The summed E-state index contributed by atoms with van der Waals surface area (Å²) in [6.45, 7) is 4.17. The van der Waals surface area contributed by atoms with Crippen LogP contribution in [0.4, 0.5) is 4.39 Å². The predicted molar refractivity (Wildman–Crippen MR) is 84.8 cm³/mol. The van der Waals surface area contributed by atoms with E-state index >= 15 is 0 Å². The van der Waals surface area contributed by atoms with Crippen molar-refractivity contribution in [3.63, 3.8) is 0 Å². The number of H-pyrrole nitrogens is 1. The van der Waals surface area contributed by atoms with Gasteiger partial charge in [0.1, 0.15) is 6.17 Å². The van der Waals surface area contributed by atoms with Gasteiger partial charge >= 0.3 is 0 Å². The zero-order valence-electron chi connectivity index (χ0n) is 12.6. The summed E-state index contributed by atoms with van der Waals surface area (Å²) < 4.78 is 13.5. The maximum atomic E-state index is 13.5. The average molecular weight is 337 g/mol. The molecule has 6 nitrogen and oxygen atoms in total. The Morgan fingerprint density at radius 2 is 2.22 bits per heavy atom. The molecule has 4 rings (SSSR count). The zero-order chi connectivity index (χ0) is 15.8. The molecule has 2 fully saturated rings. The number of fused-ring (bicyclic) bond motifs is 1. The predicted octanol–water partition coefficient (Wildman–Crippen LogP) is 1.75. The molecule has 1 N–H and O–H groups in total. The van der Waals surface area contributed by atoms with E-state index in [1.807, 2.05) is 18.2 Å². The van der Waals surface area contributed by atoms with Crippen LogP contribution in [0, 0.1) is 0 Å². The van der Waals surface area contributed by atoms with Crippen LogP contribution in [-0.2, 0) is 6.54 Å². The first-order valence-electron chi connectivity index (χ1n) is 7.82. The Morgan fingerprint density at radius 3 is 3.00 bits per heavy atom. The fourth-order valence-electron chi connectivity index (χ4n) is 3.53. The molecule has 1 aromatic carbocycles. The molecule has 3 heterocycles. The van der Waals surface area contributed by atoms with E-state index in [1.54, 1.807) is 0 Å². The topological polar surface area (TPSA) is 60.9 Å². The molecule has 0 radical (unpaired) electrons. The van der Waals surface area contributed by atoms with E-state index in [1.165, 1.54) is 0 Å². The summed E-state index contributed by atoms with van der Waals surface area (Å²) in [6, 6.07) is 6.17. The number of halogens is 2. The third-order valence-electron chi connectivity index (χ3n) is 4.70. The minimum Gasteiger partial charge on any atom is -0.296 e. The lowest BCUT2D eigenvalue weighted by molar-refractivity contribution is 0.0987. The Hall–Kier alpha value is -1.57. The first-order valence-corrected chi connectivity index (χ1v) is 8.19. The van der Waals surface area contributed by atoms with Gasteiger partial charge < -0.3 is 0 Å². The molecule has 8 heteroatoms. The van der Waals surface area contributed by atoms with Gasteiger partial charge in [-0.1, -0.05) is 23.7 Å². The highest BCUT2D eigenvalue weighted by Gasteiger charge is 2.36. The standard InChI is InChI=1S/C15H18ClFN6/c16-14-5-10(15-18-20-21-19-15)1-2-11(14)7-22-3-4-23-8-12(17)6-13(23)9-22/h1-2,5,12-13H,3-4,6-9H2,(H,18,19,20,21)/t12-,13-/m0/s1. The van der Waals surface area contributed by atoms with Gasteiger partial charge in [0.15, 0.2) is 0 Å². The average Bonchev–Trinajstić information content (AvgIpc) is 3.17. The summed E-state index contributed by atoms with van der Waals surface area (Å²) in [5.41, 5.74) is 1.91. The Balaban J connectivity index is 1.45. The lowest BCUT2D eigenvalue weighted by atomic mass is 10.1. The van der Waals surface area contributed by atoms with Crippen molar-refractivity contribution < 1.29 is 4.39 Å². The van der Waals surface area contributed by atoms with Crippen LogP contribution in [0.25, 0.3) is 11.4 Å². The minimum absolute atomic E-state index is 0.344. The third-order valence-corrected chi connectivity index (χ3v) is 5.05. The van der Waals surface area contributed by atoms with Crippen molar-refractivity contribution >= 4 is 11.6 Å². The Labute approximate surface area is 138 Å². The molecule has 2 aliphatic heterocycles. The molecule has 0 amide bonds. The number of hydrogen-bond acceptors (Lipinski definition) is 5. The van der Waals surface area contributed by atoms with Crippen LogP contribution in [0.3, 0.4) is 0 Å². The summed E-state index contributed by atoms with van der Waals surface area (Å²) in [6.07, 6.45) is -0.0150.